The molecule has 0 saturated heterocycles. The quantitative estimate of drug-likeness (QED) is 0.650. The van der Waals surface area contributed by atoms with Gasteiger partial charge in [-0.1, -0.05) is 6.07 Å². The molecule has 1 aliphatic rings. The molecule has 0 fully saturated rings. The number of methoxy groups -OCH3 is 1. The van der Waals surface area contributed by atoms with Crippen molar-refractivity contribution in [1.82, 2.24) is 4.31 Å². The van der Waals surface area contributed by atoms with E-state index in [0.717, 1.165) is 11.1 Å². The lowest BCUT2D eigenvalue weighted by molar-refractivity contribution is 0.144. The van der Waals surface area contributed by atoms with Crippen LogP contribution in [0.1, 0.15) is 22.3 Å². The minimum Gasteiger partial charge on any atom is -0.497 e. The van der Waals surface area contributed by atoms with Gasteiger partial charge < -0.3 is 14.6 Å². The number of aryl methyl sites for hydroxylation is 2. The van der Waals surface area contributed by atoms with Crippen molar-refractivity contribution >= 4 is 16.2 Å². The van der Waals surface area contributed by atoms with E-state index in [1.54, 1.807) is 38.1 Å². The molecule has 0 radical (unpaired) electrons. The number of hydrogen-bond acceptors (Lipinski definition) is 5. The van der Waals surface area contributed by atoms with Gasteiger partial charge in [0.1, 0.15) is 11.5 Å². The van der Waals surface area contributed by atoms with Gasteiger partial charge in [-0.3, -0.25) is 0 Å². The molecule has 2 aromatic rings. The van der Waals surface area contributed by atoms with E-state index in [9.17, 15) is 13.2 Å². The smallest absolute Gasteiger partial charge is 0.497 e. The lowest BCUT2D eigenvalue weighted by Gasteiger charge is -2.19. The Labute approximate surface area is 151 Å². The number of fused-ring (bicyclic) bond motifs is 1. The molecule has 0 unspecified atom stereocenters. The van der Waals surface area contributed by atoms with Gasteiger partial charge in [-0.2, -0.15) is 4.31 Å². The molecule has 1 aliphatic heterocycles. The standard InChI is InChI=1S/C18H19NO6S/c1-11-6-16(24-3)7-12(2)17(11)26(22,23)19-9-13-4-5-15(25-18(20)21)8-14(13)10-19/h4-8H,9-10H2,1-3H3,(H,20,21). The number of ether oxygens (including phenoxy) is 2. The number of sulfonamides is 1. The Hall–Kier alpha value is -2.58. The number of benzene rings is 2. The Morgan fingerprint density at radius 2 is 1.65 bits per heavy atom. The van der Waals surface area contributed by atoms with Crippen LogP contribution >= 0.6 is 0 Å². The Bertz CT molecular complexity index is 960. The van der Waals surface area contributed by atoms with Crippen LogP contribution in [0.25, 0.3) is 0 Å². The maximum absolute atomic E-state index is 13.2. The van der Waals surface area contributed by atoms with Gasteiger partial charge in [0.15, 0.2) is 0 Å². The van der Waals surface area contributed by atoms with E-state index < -0.39 is 16.2 Å². The van der Waals surface area contributed by atoms with Gasteiger partial charge in [0.05, 0.1) is 12.0 Å². The van der Waals surface area contributed by atoms with E-state index in [2.05, 4.69) is 4.74 Å². The lowest BCUT2D eigenvalue weighted by atomic mass is 10.1. The summed E-state index contributed by atoms with van der Waals surface area (Å²) in [5.74, 6) is 0.784. The molecule has 7 nitrogen and oxygen atoms in total. The van der Waals surface area contributed by atoms with Gasteiger partial charge >= 0.3 is 6.16 Å². The van der Waals surface area contributed by atoms with Gasteiger partial charge in [0.2, 0.25) is 10.0 Å². The predicted molar refractivity (Wildman–Crippen MR) is 94.0 cm³/mol. The SMILES string of the molecule is COc1cc(C)c(S(=O)(=O)N2Cc3ccc(OC(=O)O)cc3C2)c(C)c1. The molecule has 26 heavy (non-hydrogen) atoms. The Kier molecular flexibility index (Phi) is 4.64. The monoisotopic (exact) mass is 377 g/mol. The highest BCUT2D eigenvalue weighted by Gasteiger charge is 2.33. The van der Waals surface area contributed by atoms with Crippen LogP contribution in [0.4, 0.5) is 4.79 Å². The molecular weight excluding hydrogens is 358 g/mol. The molecule has 3 rings (SSSR count). The summed E-state index contributed by atoms with van der Waals surface area (Å²) in [4.78, 5) is 10.9. The molecule has 0 aliphatic carbocycles. The molecule has 0 atom stereocenters. The van der Waals surface area contributed by atoms with Gasteiger partial charge in [-0.15, -0.1) is 0 Å². The molecule has 138 valence electrons. The molecule has 1 N–H and O–H groups in total. The first-order valence-electron chi connectivity index (χ1n) is 7.90. The molecular formula is C18H19NO6S. The summed E-state index contributed by atoms with van der Waals surface area (Å²) >= 11 is 0. The number of hydrogen-bond donors (Lipinski definition) is 1. The predicted octanol–water partition coefficient (Wildman–Crippen LogP) is 3.07. The highest BCUT2D eigenvalue weighted by molar-refractivity contribution is 7.89. The van der Waals surface area contributed by atoms with Crippen molar-refractivity contribution in [3.63, 3.8) is 0 Å². The third-order valence-corrected chi connectivity index (χ3v) is 6.44. The zero-order valence-corrected chi connectivity index (χ0v) is 15.5. The zero-order chi connectivity index (χ0) is 19.1. The second-order valence-electron chi connectivity index (χ2n) is 6.16. The van der Waals surface area contributed by atoms with Crippen LogP contribution in [-0.4, -0.2) is 31.1 Å². The number of nitrogens with zero attached hydrogens (tertiary/aromatic N) is 1. The highest BCUT2D eigenvalue weighted by Crippen LogP contribution is 2.34. The molecule has 0 amide bonds. The summed E-state index contributed by atoms with van der Waals surface area (Å²) in [7, 11) is -2.17. The maximum Gasteiger partial charge on any atom is 0.511 e. The number of carboxylic acid groups (broad SMARTS) is 1. The first kappa shape index (κ1) is 18.2. The first-order chi connectivity index (χ1) is 12.2. The summed E-state index contributed by atoms with van der Waals surface area (Å²) in [6.07, 6.45) is -1.41. The van der Waals surface area contributed by atoms with Crippen molar-refractivity contribution in [2.24, 2.45) is 0 Å². The first-order valence-corrected chi connectivity index (χ1v) is 9.34. The molecule has 0 spiro atoms. The summed E-state index contributed by atoms with van der Waals surface area (Å²) in [5.41, 5.74) is 2.80. The minimum atomic E-state index is -3.71. The maximum atomic E-state index is 13.2. The van der Waals surface area contributed by atoms with Crippen molar-refractivity contribution in [3.8, 4) is 11.5 Å². The van der Waals surface area contributed by atoms with E-state index in [-0.39, 0.29) is 23.7 Å². The second kappa shape index (κ2) is 6.62. The van der Waals surface area contributed by atoms with Crippen LogP contribution in [-0.2, 0) is 23.1 Å². The van der Waals surface area contributed by atoms with E-state index >= 15 is 0 Å². The Balaban J connectivity index is 1.94. The third-order valence-electron chi connectivity index (χ3n) is 4.34. The summed E-state index contributed by atoms with van der Waals surface area (Å²) in [6, 6.07) is 8.17. The molecule has 0 saturated carbocycles. The van der Waals surface area contributed by atoms with Crippen molar-refractivity contribution < 1.29 is 27.8 Å². The van der Waals surface area contributed by atoms with Crippen molar-refractivity contribution in [3.05, 3.63) is 52.6 Å². The lowest BCUT2D eigenvalue weighted by Crippen LogP contribution is -2.27. The third kappa shape index (κ3) is 3.25. The fourth-order valence-electron chi connectivity index (χ4n) is 3.24. The Morgan fingerprint density at radius 3 is 2.23 bits per heavy atom. The minimum absolute atomic E-state index is 0.166. The van der Waals surface area contributed by atoms with Crippen LogP contribution in [0, 0.1) is 13.8 Å². The number of carbonyl (C=O) groups is 1. The molecule has 0 aromatic heterocycles. The molecule has 0 bridgehead atoms. The molecule has 1 heterocycles. The topological polar surface area (TPSA) is 93.1 Å². The van der Waals surface area contributed by atoms with Crippen LogP contribution in [0.15, 0.2) is 35.2 Å². The van der Waals surface area contributed by atoms with E-state index in [1.807, 2.05) is 0 Å². The van der Waals surface area contributed by atoms with Crippen LogP contribution < -0.4 is 9.47 Å². The fourth-order valence-corrected chi connectivity index (χ4v) is 5.05. The highest BCUT2D eigenvalue weighted by atomic mass is 32.2. The largest absolute Gasteiger partial charge is 0.511 e. The average Bonchev–Trinajstić information content (AvgIpc) is 2.97. The Morgan fingerprint density at radius 1 is 1.04 bits per heavy atom. The normalized spacial score (nSPS) is 14.1. The summed E-state index contributed by atoms with van der Waals surface area (Å²) in [5, 5.41) is 8.71. The van der Waals surface area contributed by atoms with Crippen molar-refractivity contribution in [2.75, 3.05) is 7.11 Å². The van der Waals surface area contributed by atoms with Gasteiger partial charge in [0.25, 0.3) is 0 Å². The summed E-state index contributed by atoms with van der Waals surface area (Å²) in [6.45, 7) is 3.88. The number of rotatable bonds is 4. The van der Waals surface area contributed by atoms with Gasteiger partial charge in [-0.25, -0.2) is 13.2 Å². The van der Waals surface area contributed by atoms with Crippen LogP contribution in [0.5, 0.6) is 11.5 Å². The summed E-state index contributed by atoms with van der Waals surface area (Å²) < 4.78 is 37.6. The van der Waals surface area contributed by atoms with Gasteiger partial charge in [-0.05, 0) is 60.4 Å². The van der Waals surface area contributed by atoms with E-state index in [4.69, 9.17) is 9.84 Å². The van der Waals surface area contributed by atoms with Crippen molar-refractivity contribution in [2.45, 2.75) is 31.8 Å². The van der Waals surface area contributed by atoms with E-state index in [1.165, 1.54) is 17.5 Å². The van der Waals surface area contributed by atoms with Gasteiger partial charge in [0, 0.05) is 13.1 Å². The second-order valence-corrected chi connectivity index (χ2v) is 8.04. The zero-order valence-electron chi connectivity index (χ0n) is 14.6. The van der Waals surface area contributed by atoms with Crippen LogP contribution in [0.3, 0.4) is 0 Å². The van der Waals surface area contributed by atoms with Crippen LogP contribution in [0.2, 0.25) is 0 Å². The van der Waals surface area contributed by atoms with Crippen molar-refractivity contribution in [1.29, 1.82) is 0 Å². The fraction of sp³-hybridized carbons (Fsp3) is 0.278. The molecule has 2 aromatic carbocycles. The molecule has 8 heteroatoms. The van der Waals surface area contributed by atoms with E-state index in [0.29, 0.717) is 16.9 Å². The average molecular weight is 377 g/mol.